The standard InChI is InChI=1S/C17H28N2/c1-14-8-6-7-11-17(14)19(2)13-12-16(18)15-9-4-3-5-10-15/h3-5,9-10,14,16-17H,6-8,11-13,18H2,1-2H3. The first-order chi connectivity index (χ1) is 9.18. The van der Waals surface area contributed by atoms with Crippen LogP contribution in [0.15, 0.2) is 30.3 Å². The Morgan fingerprint density at radius 3 is 2.58 bits per heavy atom. The third-order valence-electron chi connectivity index (χ3n) is 4.65. The average Bonchev–Trinajstić information content (AvgIpc) is 2.46. The van der Waals surface area contributed by atoms with E-state index in [-0.39, 0.29) is 6.04 Å². The Hall–Kier alpha value is -0.860. The molecule has 19 heavy (non-hydrogen) atoms. The lowest BCUT2D eigenvalue weighted by Gasteiger charge is -2.36. The van der Waals surface area contributed by atoms with E-state index in [1.807, 2.05) is 6.07 Å². The predicted molar refractivity (Wildman–Crippen MR) is 82.0 cm³/mol. The number of nitrogens with zero attached hydrogens (tertiary/aromatic N) is 1. The van der Waals surface area contributed by atoms with Gasteiger partial charge in [0.2, 0.25) is 0 Å². The lowest BCUT2D eigenvalue weighted by atomic mass is 9.85. The highest BCUT2D eigenvalue weighted by atomic mass is 15.1. The molecular weight excluding hydrogens is 232 g/mol. The molecule has 2 rings (SSSR count). The molecule has 0 amide bonds. The van der Waals surface area contributed by atoms with Gasteiger partial charge in [0.15, 0.2) is 0 Å². The Morgan fingerprint density at radius 1 is 1.21 bits per heavy atom. The summed E-state index contributed by atoms with van der Waals surface area (Å²) in [7, 11) is 2.27. The van der Waals surface area contributed by atoms with Crippen LogP contribution in [0.25, 0.3) is 0 Å². The summed E-state index contributed by atoms with van der Waals surface area (Å²) in [6.45, 7) is 3.50. The van der Waals surface area contributed by atoms with E-state index < -0.39 is 0 Å². The summed E-state index contributed by atoms with van der Waals surface area (Å²) in [6, 6.07) is 11.4. The van der Waals surface area contributed by atoms with Crippen LogP contribution in [0.2, 0.25) is 0 Å². The second-order valence-corrected chi connectivity index (χ2v) is 6.12. The SMILES string of the molecule is CC1CCCCC1N(C)CCC(N)c1ccccc1. The van der Waals surface area contributed by atoms with Gasteiger partial charge in [-0.05, 0) is 44.3 Å². The van der Waals surface area contributed by atoms with E-state index in [1.54, 1.807) is 0 Å². The van der Waals surface area contributed by atoms with Gasteiger partial charge in [-0.3, -0.25) is 0 Å². The first-order valence-corrected chi connectivity index (χ1v) is 7.69. The molecule has 1 saturated carbocycles. The number of nitrogens with two attached hydrogens (primary N) is 1. The van der Waals surface area contributed by atoms with Gasteiger partial charge in [-0.1, -0.05) is 50.1 Å². The topological polar surface area (TPSA) is 29.3 Å². The summed E-state index contributed by atoms with van der Waals surface area (Å²) >= 11 is 0. The quantitative estimate of drug-likeness (QED) is 0.876. The highest BCUT2D eigenvalue weighted by Crippen LogP contribution is 2.27. The monoisotopic (exact) mass is 260 g/mol. The fourth-order valence-corrected chi connectivity index (χ4v) is 3.33. The molecule has 1 aliphatic carbocycles. The van der Waals surface area contributed by atoms with Gasteiger partial charge in [-0.2, -0.15) is 0 Å². The molecule has 1 aromatic rings. The molecule has 0 spiro atoms. The predicted octanol–water partition coefficient (Wildman–Crippen LogP) is 3.59. The molecule has 1 aromatic carbocycles. The maximum absolute atomic E-state index is 6.28. The van der Waals surface area contributed by atoms with Gasteiger partial charge >= 0.3 is 0 Å². The zero-order valence-electron chi connectivity index (χ0n) is 12.4. The first kappa shape index (κ1) is 14.5. The molecule has 0 heterocycles. The average molecular weight is 260 g/mol. The Balaban J connectivity index is 1.81. The van der Waals surface area contributed by atoms with Crippen molar-refractivity contribution >= 4 is 0 Å². The molecule has 3 unspecified atom stereocenters. The summed E-state index contributed by atoms with van der Waals surface area (Å²) in [5.74, 6) is 0.840. The third-order valence-corrected chi connectivity index (χ3v) is 4.65. The van der Waals surface area contributed by atoms with E-state index >= 15 is 0 Å². The summed E-state index contributed by atoms with van der Waals surface area (Å²) < 4.78 is 0. The fourth-order valence-electron chi connectivity index (χ4n) is 3.33. The van der Waals surface area contributed by atoms with E-state index in [9.17, 15) is 0 Å². The van der Waals surface area contributed by atoms with Gasteiger partial charge in [0, 0.05) is 12.1 Å². The van der Waals surface area contributed by atoms with Crippen molar-refractivity contribution in [2.45, 2.75) is 51.1 Å². The highest BCUT2D eigenvalue weighted by molar-refractivity contribution is 5.18. The van der Waals surface area contributed by atoms with Crippen LogP contribution in [-0.2, 0) is 0 Å². The van der Waals surface area contributed by atoms with Crippen molar-refractivity contribution in [3.05, 3.63) is 35.9 Å². The van der Waals surface area contributed by atoms with Gasteiger partial charge < -0.3 is 10.6 Å². The minimum atomic E-state index is 0.169. The Kier molecular flexibility index (Phi) is 5.41. The number of benzene rings is 1. The van der Waals surface area contributed by atoms with E-state index in [4.69, 9.17) is 5.73 Å². The van der Waals surface area contributed by atoms with Crippen LogP contribution in [0, 0.1) is 5.92 Å². The minimum absolute atomic E-state index is 0.169. The van der Waals surface area contributed by atoms with Crippen LogP contribution >= 0.6 is 0 Å². The maximum atomic E-state index is 6.28. The summed E-state index contributed by atoms with van der Waals surface area (Å²) in [4.78, 5) is 2.53. The van der Waals surface area contributed by atoms with Crippen molar-refractivity contribution in [3.8, 4) is 0 Å². The molecule has 1 fully saturated rings. The molecule has 0 aliphatic heterocycles. The van der Waals surface area contributed by atoms with Gasteiger partial charge in [0.1, 0.15) is 0 Å². The number of hydrogen-bond acceptors (Lipinski definition) is 2. The molecule has 2 heteroatoms. The molecular formula is C17H28N2. The Labute approximate surface area is 118 Å². The Bertz CT molecular complexity index is 363. The van der Waals surface area contributed by atoms with Crippen molar-refractivity contribution in [2.24, 2.45) is 11.7 Å². The van der Waals surface area contributed by atoms with E-state index in [0.29, 0.717) is 0 Å². The van der Waals surface area contributed by atoms with Crippen molar-refractivity contribution in [2.75, 3.05) is 13.6 Å². The summed E-state index contributed by atoms with van der Waals surface area (Å²) in [5, 5.41) is 0. The number of rotatable bonds is 5. The molecule has 0 saturated heterocycles. The smallest absolute Gasteiger partial charge is 0.0307 e. The fraction of sp³-hybridized carbons (Fsp3) is 0.647. The highest BCUT2D eigenvalue weighted by Gasteiger charge is 2.24. The van der Waals surface area contributed by atoms with Crippen LogP contribution in [0.5, 0.6) is 0 Å². The molecule has 106 valence electrons. The summed E-state index contributed by atoms with van der Waals surface area (Å²) in [6.07, 6.45) is 6.60. The van der Waals surface area contributed by atoms with E-state index in [0.717, 1.165) is 24.9 Å². The van der Waals surface area contributed by atoms with Crippen molar-refractivity contribution in [1.29, 1.82) is 0 Å². The van der Waals surface area contributed by atoms with E-state index in [2.05, 4.69) is 43.1 Å². The second-order valence-electron chi connectivity index (χ2n) is 6.12. The lowest BCUT2D eigenvalue weighted by Crippen LogP contribution is -2.40. The zero-order chi connectivity index (χ0) is 13.7. The van der Waals surface area contributed by atoms with Crippen LogP contribution in [0.1, 0.15) is 50.6 Å². The molecule has 1 aliphatic rings. The van der Waals surface area contributed by atoms with Gasteiger partial charge in [0.05, 0.1) is 0 Å². The zero-order valence-corrected chi connectivity index (χ0v) is 12.4. The van der Waals surface area contributed by atoms with Crippen LogP contribution in [0.3, 0.4) is 0 Å². The van der Waals surface area contributed by atoms with E-state index in [1.165, 1.54) is 31.2 Å². The van der Waals surface area contributed by atoms with Crippen molar-refractivity contribution in [1.82, 2.24) is 4.90 Å². The Morgan fingerprint density at radius 2 is 1.89 bits per heavy atom. The molecule has 3 atom stereocenters. The van der Waals surface area contributed by atoms with Gasteiger partial charge in [0.25, 0.3) is 0 Å². The molecule has 0 radical (unpaired) electrons. The van der Waals surface area contributed by atoms with Crippen molar-refractivity contribution < 1.29 is 0 Å². The lowest BCUT2D eigenvalue weighted by molar-refractivity contribution is 0.136. The normalized spacial score (nSPS) is 25.5. The molecule has 0 aromatic heterocycles. The molecule has 2 N–H and O–H groups in total. The van der Waals surface area contributed by atoms with Crippen LogP contribution < -0.4 is 5.73 Å². The molecule has 2 nitrogen and oxygen atoms in total. The van der Waals surface area contributed by atoms with Crippen LogP contribution in [0.4, 0.5) is 0 Å². The third kappa shape index (κ3) is 4.05. The maximum Gasteiger partial charge on any atom is 0.0307 e. The van der Waals surface area contributed by atoms with Crippen molar-refractivity contribution in [3.63, 3.8) is 0 Å². The van der Waals surface area contributed by atoms with Gasteiger partial charge in [-0.25, -0.2) is 0 Å². The van der Waals surface area contributed by atoms with Gasteiger partial charge in [-0.15, -0.1) is 0 Å². The largest absolute Gasteiger partial charge is 0.324 e. The number of hydrogen-bond donors (Lipinski definition) is 1. The minimum Gasteiger partial charge on any atom is -0.324 e. The second kappa shape index (κ2) is 7.06. The summed E-state index contributed by atoms with van der Waals surface area (Å²) in [5.41, 5.74) is 7.54. The first-order valence-electron chi connectivity index (χ1n) is 7.69. The van der Waals surface area contributed by atoms with Crippen LogP contribution in [-0.4, -0.2) is 24.5 Å². The molecule has 0 bridgehead atoms.